The number of halogens is 1. The lowest BCUT2D eigenvalue weighted by atomic mass is 10.2. The summed E-state index contributed by atoms with van der Waals surface area (Å²) >= 11 is 0. The molecule has 1 N–H and O–H groups in total. The molecule has 1 aromatic heterocycles. The van der Waals surface area contributed by atoms with E-state index >= 15 is 0 Å². The molecule has 0 aliphatic carbocycles. The molecule has 5 nitrogen and oxygen atoms in total. The fourth-order valence-electron chi connectivity index (χ4n) is 1.90. The number of aryl methyl sites for hydroxylation is 1. The van der Waals surface area contributed by atoms with E-state index < -0.39 is 0 Å². The van der Waals surface area contributed by atoms with E-state index in [1.54, 1.807) is 6.07 Å². The van der Waals surface area contributed by atoms with Crippen LogP contribution in [0.25, 0.3) is 0 Å². The highest BCUT2D eigenvalue weighted by atomic mass is 19.1. The van der Waals surface area contributed by atoms with Gasteiger partial charge in [0.25, 0.3) is 5.89 Å². The fourth-order valence-corrected chi connectivity index (χ4v) is 1.90. The van der Waals surface area contributed by atoms with Crippen LogP contribution in [-0.2, 0) is 19.6 Å². The number of aromatic nitrogens is 2. The van der Waals surface area contributed by atoms with Gasteiger partial charge in [-0.25, -0.2) is 4.39 Å². The molecule has 0 spiro atoms. The Morgan fingerprint density at radius 3 is 2.95 bits per heavy atom. The highest BCUT2D eigenvalue weighted by Gasteiger charge is 2.09. The van der Waals surface area contributed by atoms with Crippen LogP contribution in [0.2, 0.25) is 0 Å². The van der Waals surface area contributed by atoms with Gasteiger partial charge >= 0.3 is 0 Å². The smallest absolute Gasteiger partial charge is 0.264 e. The van der Waals surface area contributed by atoms with Crippen LogP contribution in [0.3, 0.4) is 0 Å². The van der Waals surface area contributed by atoms with Crippen LogP contribution in [0, 0.1) is 5.82 Å². The molecule has 0 fully saturated rings. The van der Waals surface area contributed by atoms with Crippen molar-refractivity contribution in [1.82, 2.24) is 15.5 Å². The maximum absolute atomic E-state index is 13.3. The van der Waals surface area contributed by atoms with E-state index in [1.807, 2.05) is 6.92 Å². The average Bonchev–Trinajstić information content (AvgIpc) is 2.92. The second-order valence-corrected chi connectivity index (χ2v) is 4.68. The standard InChI is InChI=1S/C15H20FN3O2/c1-3-5-14-18-15(21-19-14)10-20-13-7-6-12(16)8-11(13)9-17-4-2/h6-8,17H,3-5,9-10H2,1-2H3. The highest BCUT2D eigenvalue weighted by molar-refractivity contribution is 5.33. The summed E-state index contributed by atoms with van der Waals surface area (Å²) in [6, 6.07) is 4.46. The zero-order chi connectivity index (χ0) is 15.1. The molecule has 0 amide bonds. The lowest BCUT2D eigenvalue weighted by Gasteiger charge is -2.10. The number of nitrogens with zero attached hydrogens (tertiary/aromatic N) is 2. The Kier molecular flexibility index (Phi) is 5.68. The van der Waals surface area contributed by atoms with Gasteiger partial charge in [-0.2, -0.15) is 4.98 Å². The summed E-state index contributed by atoms with van der Waals surface area (Å²) < 4.78 is 24.1. The third-order valence-corrected chi connectivity index (χ3v) is 2.92. The van der Waals surface area contributed by atoms with Crippen LogP contribution in [0.4, 0.5) is 4.39 Å². The van der Waals surface area contributed by atoms with Crippen LogP contribution in [0.5, 0.6) is 5.75 Å². The van der Waals surface area contributed by atoms with E-state index in [9.17, 15) is 4.39 Å². The molecule has 1 aromatic carbocycles. The third-order valence-electron chi connectivity index (χ3n) is 2.92. The summed E-state index contributed by atoms with van der Waals surface area (Å²) in [6.07, 6.45) is 1.75. The van der Waals surface area contributed by atoms with Crippen LogP contribution in [-0.4, -0.2) is 16.7 Å². The lowest BCUT2D eigenvalue weighted by Crippen LogP contribution is -2.13. The topological polar surface area (TPSA) is 60.2 Å². The van der Waals surface area contributed by atoms with Gasteiger partial charge in [0.15, 0.2) is 12.4 Å². The minimum Gasteiger partial charge on any atom is -0.483 e. The molecule has 0 unspecified atom stereocenters. The van der Waals surface area contributed by atoms with Crippen molar-refractivity contribution in [2.75, 3.05) is 6.54 Å². The molecule has 0 aliphatic heterocycles. The maximum atomic E-state index is 13.3. The normalized spacial score (nSPS) is 10.8. The molecule has 114 valence electrons. The Balaban J connectivity index is 2.00. The second-order valence-electron chi connectivity index (χ2n) is 4.68. The average molecular weight is 293 g/mol. The van der Waals surface area contributed by atoms with Gasteiger partial charge in [-0.3, -0.25) is 0 Å². The predicted molar refractivity (Wildman–Crippen MR) is 76.4 cm³/mol. The van der Waals surface area contributed by atoms with Crippen LogP contribution < -0.4 is 10.1 Å². The Labute approximate surface area is 123 Å². The highest BCUT2D eigenvalue weighted by Crippen LogP contribution is 2.20. The molecule has 0 saturated carbocycles. The number of rotatable bonds is 8. The Morgan fingerprint density at radius 2 is 2.19 bits per heavy atom. The van der Waals surface area contributed by atoms with Gasteiger partial charge in [0.05, 0.1) is 0 Å². The van der Waals surface area contributed by atoms with Gasteiger partial charge in [-0.15, -0.1) is 0 Å². The quantitative estimate of drug-likeness (QED) is 0.811. The van der Waals surface area contributed by atoms with Gasteiger partial charge in [0.2, 0.25) is 0 Å². The summed E-state index contributed by atoms with van der Waals surface area (Å²) in [4.78, 5) is 4.23. The monoisotopic (exact) mass is 293 g/mol. The van der Waals surface area contributed by atoms with E-state index in [2.05, 4.69) is 22.4 Å². The van der Waals surface area contributed by atoms with Gasteiger partial charge in [-0.1, -0.05) is 19.0 Å². The van der Waals surface area contributed by atoms with E-state index in [-0.39, 0.29) is 12.4 Å². The van der Waals surface area contributed by atoms with Crippen LogP contribution >= 0.6 is 0 Å². The Morgan fingerprint density at radius 1 is 1.33 bits per heavy atom. The van der Waals surface area contributed by atoms with Crippen molar-refractivity contribution in [1.29, 1.82) is 0 Å². The zero-order valence-electron chi connectivity index (χ0n) is 12.4. The first-order chi connectivity index (χ1) is 10.2. The van der Waals surface area contributed by atoms with E-state index in [0.717, 1.165) is 24.9 Å². The summed E-state index contributed by atoms with van der Waals surface area (Å²) in [5, 5.41) is 7.02. The van der Waals surface area contributed by atoms with E-state index in [1.165, 1.54) is 12.1 Å². The molecule has 6 heteroatoms. The predicted octanol–water partition coefficient (Wildman–Crippen LogP) is 2.85. The number of ether oxygens (including phenoxy) is 1. The van der Waals surface area contributed by atoms with E-state index in [4.69, 9.17) is 9.26 Å². The van der Waals surface area contributed by atoms with Crippen molar-refractivity contribution in [2.24, 2.45) is 0 Å². The van der Waals surface area contributed by atoms with Crippen molar-refractivity contribution in [3.05, 3.63) is 41.3 Å². The molecule has 0 aliphatic rings. The first-order valence-corrected chi connectivity index (χ1v) is 7.16. The fraction of sp³-hybridized carbons (Fsp3) is 0.467. The molecule has 0 radical (unpaired) electrons. The minimum atomic E-state index is -0.279. The summed E-state index contributed by atoms with van der Waals surface area (Å²) in [5.41, 5.74) is 0.769. The molecule has 0 bridgehead atoms. The SMILES string of the molecule is CCCc1noc(COc2ccc(F)cc2CNCC)n1. The number of nitrogens with one attached hydrogen (secondary N) is 1. The van der Waals surface area contributed by atoms with Gasteiger partial charge < -0.3 is 14.6 Å². The number of hydrogen-bond acceptors (Lipinski definition) is 5. The summed E-state index contributed by atoms with van der Waals surface area (Å²) in [7, 11) is 0. The number of hydrogen-bond donors (Lipinski definition) is 1. The molecule has 2 aromatic rings. The van der Waals surface area contributed by atoms with Crippen LogP contribution in [0.1, 0.15) is 37.5 Å². The zero-order valence-corrected chi connectivity index (χ0v) is 12.4. The first-order valence-electron chi connectivity index (χ1n) is 7.16. The molecular formula is C15H20FN3O2. The van der Waals surface area contributed by atoms with Gasteiger partial charge in [0.1, 0.15) is 11.6 Å². The molecule has 21 heavy (non-hydrogen) atoms. The van der Waals surface area contributed by atoms with E-state index in [0.29, 0.717) is 24.0 Å². The minimum absolute atomic E-state index is 0.182. The molecule has 1 heterocycles. The third kappa shape index (κ3) is 4.53. The maximum Gasteiger partial charge on any atom is 0.264 e. The first kappa shape index (κ1) is 15.4. The molecule has 0 atom stereocenters. The van der Waals surface area contributed by atoms with Crippen molar-refractivity contribution in [3.8, 4) is 5.75 Å². The van der Waals surface area contributed by atoms with Crippen molar-refractivity contribution < 1.29 is 13.7 Å². The van der Waals surface area contributed by atoms with Gasteiger partial charge in [0, 0.05) is 18.5 Å². The van der Waals surface area contributed by atoms with Crippen LogP contribution in [0.15, 0.2) is 22.7 Å². The van der Waals surface area contributed by atoms with Crippen molar-refractivity contribution in [3.63, 3.8) is 0 Å². The summed E-state index contributed by atoms with van der Waals surface area (Å²) in [6.45, 7) is 5.58. The van der Waals surface area contributed by atoms with Crippen molar-refractivity contribution >= 4 is 0 Å². The molecule has 0 saturated heterocycles. The van der Waals surface area contributed by atoms with Crippen molar-refractivity contribution in [2.45, 2.75) is 39.8 Å². The second kappa shape index (κ2) is 7.73. The molecular weight excluding hydrogens is 273 g/mol. The number of benzene rings is 1. The Bertz CT molecular complexity index is 572. The molecule has 2 rings (SSSR count). The summed E-state index contributed by atoms with van der Waals surface area (Å²) in [5.74, 6) is 1.45. The van der Waals surface area contributed by atoms with Gasteiger partial charge in [-0.05, 0) is 31.2 Å². The largest absolute Gasteiger partial charge is 0.483 e. The lowest BCUT2D eigenvalue weighted by molar-refractivity contribution is 0.240. The Hall–Kier alpha value is -1.95.